The Morgan fingerprint density at radius 1 is 1.50 bits per heavy atom. The van der Waals surface area contributed by atoms with E-state index in [0.29, 0.717) is 11.3 Å². The number of rotatable bonds is 3. The zero-order chi connectivity index (χ0) is 13.5. The van der Waals surface area contributed by atoms with E-state index in [0.717, 1.165) is 0 Å². The van der Waals surface area contributed by atoms with Gasteiger partial charge in [-0.05, 0) is 23.8 Å². The summed E-state index contributed by atoms with van der Waals surface area (Å²) in [5.41, 5.74) is 5.18. The van der Waals surface area contributed by atoms with Crippen LogP contribution in [-0.4, -0.2) is 19.0 Å². The molecular formula is C12H11N3O3. The van der Waals surface area contributed by atoms with Crippen LogP contribution in [0.3, 0.4) is 0 Å². The van der Waals surface area contributed by atoms with E-state index < -0.39 is 11.9 Å². The lowest BCUT2D eigenvalue weighted by Crippen LogP contribution is -2.35. The van der Waals surface area contributed by atoms with Crippen LogP contribution in [-0.2, 0) is 4.79 Å². The molecule has 0 bridgehead atoms. The van der Waals surface area contributed by atoms with E-state index in [-0.39, 0.29) is 5.57 Å². The molecule has 0 aliphatic heterocycles. The summed E-state index contributed by atoms with van der Waals surface area (Å²) in [7, 11) is 1.51. The molecule has 0 aliphatic carbocycles. The molecule has 0 atom stereocenters. The van der Waals surface area contributed by atoms with E-state index >= 15 is 0 Å². The number of methoxy groups -OCH3 is 1. The van der Waals surface area contributed by atoms with Gasteiger partial charge in [0.25, 0.3) is 5.91 Å². The number of urea groups is 1. The Morgan fingerprint density at radius 3 is 2.78 bits per heavy atom. The fourth-order valence-electron chi connectivity index (χ4n) is 1.23. The van der Waals surface area contributed by atoms with Crippen LogP contribution in [0, 0.1) is 11.3 Å². The molecule has 6 nitrogen and oxygen atoms in total. The number of hydrogen-bond donors (Lipinski definition) is 2. The Kier molecular flexibility index (Phi) is 4.46. The van der Waals surface area contributed by atoms with Crippen molar-refractivity contribution >= 4 is 18.0 Å². The highest BCUT2D eigenvalue weighted by atomic mass is 16.5. The number of carbonyl (C=O) groups is 2. The van der Waals surface area contributed by atoms with Gasteiger partial charge in [-0.1, -0.05) is 12.1 Å². The maximum absolute atomic E-state index is 11.4. The third kappa shape index (κ3) is 3.64. The van der Waals surface area contributed by atoms with Crippen molar-refractivity contribution in [1.29, 1.82) is 5.26 Å². The summed E-state index contributed by atoms with van der Waals surface area (Å²) in [6.45, 7) is 0. The number of primary amides is 1. The van der Waals surface area contributed by atoms with E-state index in [1.807, 2.05) is 5.32 Å². The summed E-state index contributed by atoms with van der Waals surface area (Å²) in [4.78, 5) is 21.9. The monoisotopic (exact) mass is 245 g/mol. The predicted molar refractivity (Wildman–Crippen MR) is 64.3 cm³/mol. The quantitative estimate of drug-likeness (QED) is 0.606. The topological polar surface area (TPSA) is 105 Å². The van der Waals surface area contributed by atoms with E-state index in [1.165, 1.54) is 13.2 Å². The van der Waals surface area contributed by atoms with Crippen LogP contribution in [0.5, 0.6) is 5.75 Å². The summed E-state index contributed by atoms with van der Waals surface area (Å²) in [5, 5.41) is 10.7. The number of nitrogens with zero attached hydrogens (tertiary/aromatic N) is 1. The molecule has 3 amide bonds. The number of nitriles is 1. The SMILES string of the molecule is COc1cccc(/C=C(/C#N)C(=O)NC(N)=O)c1. The Bertz CT molecular complexity index is 544. The molecule has 6 heteroatoms. The van der Waals surface area contributed by atoms with Crippen LogP contribution in [0.25, 0.3) is 6.08 Å². The van der Waals surface area contributed by atoms with Crippen molar-refractivity contribution < 1.29 is 14.3 Å². The standard InChI is InChI=1S/C12H11N3O3/c1-18-10-4-2-3-8(6-10)5-9(7-13)11(16)15-12(14)17/h2-6H,1H3,(H3,14,15,16,17)/b9-5-. The Balaban J connectivity index is 3.00. The number of ether oxygens (including phenoxy) is 1. The van der Waals surface area contributed by atoms with Gasteiger partial charge in [-0.2, -0.15) is 5.26 Å². The van der Waals surface area contributed by atoms with E-state index in [4.69, 9.17) is 15.7 Å². The van der Waals surface area contributed by atoms with Gasteiger partial charge in [0.15, 0.2) is 0 Å². The minimum absolute atomic E-state index is 0.220. The van der Waals surface area contributed by atoms with Crippen LogP contribution >= 0.6 is 0 Å². The molecule has 1 rings (SSSR count). The number of nitrogens with one attached hydrogen (secondary N) is 1. The third-order valence-electron chi connectivity index (χ3n) is 2.01. The highest BCUT2D eigenvalue weighted by molar-refractivity contribution is 6.08. The molecule has 1 aromatic carbocycles. The number of nitrogens with two attached hydrogens (primary N) is 1. The molecule has 1 aromatic rings. The minimum atomic E-state index is -1.01. The summed E-state index contributed by atoms with van der Waals surface area (Å²) in [5.74, 6) is -0.246. The van der Waals surface area contributed by atoms with Gasteiger partial charge in [-0.25, -0.2) is 4.79 Å². The van der Waals surface area contributed by atoms with Crippen molar-refractivity contribution in [3.63, 3.8) is 0 Å². The van der Waals surface area contributed by atoms with Gasteiger partial charge in [0.1, 0.15) is 17.4 Å². The second-order valence-electron chi connectivity index (χ2n) is 3.26. The lowest BCUT2D eigenvalue weighted by atomic mass is 10.1. The lowest BCUT2D eigenvalue weighted by molar-refractivity contribution is -0.115. The van der Waals surface area contributed by atoms with Crippen molar-refractivity contribution in [2.45, 2.75) is 0 Å². The fraction of sp³-hybridized carbons (Fsp3) is 0.0833. The first kappa shape index (κ1) is 13.3. The summed E-state index contributed by atoms with van der Waals surface area (Å²) in [6, 6.07) is 7.47. The van der Waals surface area contributed by atoms with Gasteiger partial charge in [0.2, 0.25) is 0 Å². The smallest absolute Gasteiger partial charge is 0.319 e. The van der Waals surface area contributed by atoms with Gasteiger partial charge in [0.05, 0.1) is 7.11 Å². The molecule has 0 heterocycles. The van der Waals surface area contributed by atoms with Crippen molar-refractivity contribution in [3.8, 4) is 11.8 Å². The van der Waals surface area contributed by atoms with Gasteiger partial charge < -0.3 is 10.5 Å². The molecule has 0 spiro atoms. The Hall–Kier alpha value is -2.81. The van der Waals surface area contributed by atoms with Crippen LogP contribution in [0.4, 0.5) is 4.79 Å². The van der Waals surface area contributed by atoms with Crippen LogP contribution < -0.4 is 15.8 Å². The largest absolute Gasteiger partial charge is 0.497 e. The number of amides is 3. The molecule has 3 N–H and O–H groups in total. The fourth-order valence-corrected chi connectivity index (χ4v) is 1.23. The minimum Gasteiger partial charge on any atom is -0.497 e. The average molecular weight is 245 g/mol. The maximum atomic E-state index is 11.4. The normalized spacial score (nSPS) is 10.3. The van der Waals surface area contributed by atoms with Crippen LogP contribution in [0.1, 0.15) is 5.56 Å². The van der Waals surface area contributed by atoms with Crippen molar-refractivity contribution in [3.05, 3.63) is 35.4 Å². The van der Waals surface area contributed by atoms with E-state index in [9.17, 15) is 9.59 Å². The summed E-state index contributed by atoms with van der Waals surface area (Å²) in [6.07, 6.45) is 1.33. The predicted octanol–water partition coefficient (Wildman–Crippen LogP) is 0.797. The van der Waals surface area contributed by atoms with Gasteiger partial charge in [0, 0.05) is 0 Å². The second-order valence-corrected chi connectivity index (χ2v) is 3.26. The lowest BCUT2D eigenvalue weighted by Gasteiger charge is -2.01. The highest BCUT2D eigenvalue weighted by Gasteiger charge is 2.10. The molecule has 0 aromatic heterocycles. The van der Waals surface area contributed by atoms with Gasteiger partial charge in [-0.3, -0.25) is 10.1 Å². The Morgan fingerprint density at radius 2 is 2.22 bits per heavy atom. The van der Waals surface area contributed by atoms with Gasteiger partial charge in [-0.15, -0.1) is 0 Å². The first-order valence-corrected chi connectivity index (χ1v) is 4.93. The molecule has 0 saturated heterocycles. The number of imide groups is 1. The first-order chi connectivity index (χ1) is 8.56. The number of carbonyl (C=O) groups excluding carboxylic acids is 2. The molecule has 0 unspecified atom stereocenters. The number of benzene rings is 1. The molecular weight excluding hydrogens is 234 g/mol. The maximum Gasteiger partial charge on any atom is 0.319 e. The van der Waals surface area contributed by atoms with Gasteiger partial charge >= 0.3 is 6.03 Å². The second kappa shape index (κ2) is 6.06. The van der Waals surface area contributed by atoms with Crippen molar-refractivity contribution in [2.75, 3.05) is 7.11 Å². The molecule has 0 aliphatic rings. The van der Waals surface area contributed by atoms with E-state index in [2.05, 4.69) is 0 Å². The van der Waals surface area contributed by atoms with Crippen molar-refractivity contribution in [1.82, 2.24) is 5.32 Å². The zero-order valence-electron chi connectivity index (χ0n) is 9.64. The van der Waals surface area contributed by atoms with E-state index in [1.54, 1.807) is 30.3 Å². The molecule has 92 valence electrons. The molecule has 0 fully saturated rings. The summed E-state index contributed by atoms with van der Waals surface area (Å²) < 4.78 is 5.01. The zero-order valence-corrected chi connectivity index (χ0v) is 9.64. The Labute approximate surface area is 104 Å². The molecule has 18 heavy (non-hydrogen) atoms. The number of hydrogen-bond acceptors (Lipinski definition) is 4. The summed E-state index contributed by atoms with van der Waals surface area (Å²) >= 11 is 0. The van der Waals surface area contributed by atoms with Crippen LogP contribution in [0.2, 0.25) is 0 Å². The first-order valence-electron chi connectivity index (χ1n) is 4.93. The molecule has 0 saturated carbocycles. The molecule has 0 radical (unpaired) electrons. The van der Waals surface area contributed by atoms with Crippen molar-refractivity contribution in [2.24, 2.45) is 5.73 Å². The average Bonchev–Trinajstić information content (AvgIpc) is 2.35. The highest BCUT2D eigenvalue weighted by Crippen LogP contribution is 2.15. The van der Waals surface area contributed by atoms with Crippen LogP contribution in [0.15, 0.2) is 29.8 Å². The third-order valence-corrected chi connectivity index (χ3v) is 2.01.